The van der Waals surface area contributed by atoms with Gasteiger partial charge < -0.3 is 25.0 Å². The van der Waals surface area contributed by atoms with Crippen LogP contribution >= 0.6 is 0 Å². The molecule has 0 unspecified atom stereocenters. The van der Waals surface area contributed by atoms with Gasteiger partial charge in [-0.3, -0.25) is 9.59 Å². The lowest BCUT2D eigenvalue weighted by Crippen LogP contribution is -2.37. The predicted octanol–water partition coefficient (Wildman–Crippen LogP) is 6.08. The van der Waals surface area contributed by atoms with Gasteiger partial charge in [0.15, 0.2) is 17.3 Å². The standard InChI is InChI=1S/C34H37N3O4/c1-20-9-7-8-10-26(20)36-34(39)31-21(2)35-27-17-24(23-13-16-29(40-5)30(19-23)41-6)18-28(38)33(27)32(31)22-11-14-25(15-12-22)37(3)4/h7-16,19,24,32,35H,17-18H2,1-6H3,(H,36,39)/t24-,32+/m0/s1. The van der Waals surface area contributed by atoms with Crippen molar-refractivity contribution in [3.05, 3.63) is 106 Å². The molecule has 7 nitrogen and oxygen atoms in total. The Kier molecular flexibility index (Phi) is 7.88. The number of para-hydroxylation sites is 1. The van der Waals surface area contributed by atoms with Crippen LogP contribution in [0.15, 0.2) is 89.3 Å². The highest BCUT2D eigenvalue weighted by atomic mass is 16.5. The summed E-state index contributed by atoms with van der Waals surface area (Å²) >= 11 is 0. The fourth-order valence-electron chi connectivity index (χ4n) is 5.88. The van der Waals surface area contributed by atoms with Crippen LogP contribution in [0.3, 0.4) is 0 Å². The number of dihydropyridines is 1. The molecule has 1 aliphatic carbocycles. The molecule has 0 aromatic heterocycles. The molecule has 5 rings (SSSR count). The van der Waals surface area contributed by atoms with E-state index in [0.29, 0.717) is 35.5 Å². The number of benzene rings is 3. The molecule has 2 aliphatic rings. The molecule has 212 valence electrons. The number of amides is 1. The Morgan fingerprint density at radius 1 is 0.902 bits per heavy atom. The van der Waals surface area contributed by atoms with E-state index in [9.17, 15) is 9.59 Å². The van der Waals surface area contributed by atoms with E-state index in [1.54, 1.807) is 14.2 Å². The van der Waals surface area contributed by atoms with E-state index in [1.165, 1.54) is 0 Å². The maximum absolute atomic E-state index is 14.0. The number of carbonyl (C=O) groups excluding carboxylic acids is 2. The molecule has 41 heavy (non-hydrogen) atoms. The van der Waals surface area contributed by atoms with Crippen LogP contribution in [-0.4, -0.2) is 40.0 Å². The molecule has 0 saturated heterocycles. The summed E-state index contributed by atoms with van der Waals surface area (Å²) in [6.07, 6.45) is 0.987. The molecule has 0 spiro atoms. The monoisotopic (exact) mass is 551 g/mol. The molecule has 0 fully saturated rings. The van der Waals surface area contributed by atoms with Crippen LogP contribution in [0.2, 0.25) is 0 Å². The molecule has 0 radical (unpaired) electrons. The first-order chi connectivity index (χ1) is 19.7. The van der Waals surface area contributed by atoms with Gasteiger partial charge in [0.1, 0.15) is 0 Å². The van der Waals surface area contributed by atoms with Crippen LogP contribution in [-0.2, 0) is 9.59 Å². The molecule has 1 aliphatic heterocycles. The number of rotatable bonds is 7. The number of hydrogen-bond donors (Lipinski definition) is 2. The number of hydrogen-bond acceptors (Lipinski definition) is 6. The Hall–Kier alpha value is -4.52. The molecule has 0 saturated carbocycles. The Morgan fingerprint density at radius 3 is 2.24 bits per heavy atom. The van der Waals surface area contributed by atoms with Gasteiger partial charge in [-0.15, -0.1) is 0 Å². The highest BCUT2D eigenvalue weighted by Gasteiger charge is 2.41. The number of anilines is 2. The number of carbonyl (C=O) groups is 2. The van der Waals surface area contributed by atoms with E-state index in [4.69, 9.17) is 9.47 Å². The zero-order valence-corrected chi connectivity index (χ0v) is 24.5. The van der Waals surface area contributed by atoms with E-state index >= 15 is 0 Å². The zero-order chi connectivity index (χ0) is 29.3. The largest absolute Gasteiger partial charge is 0.493 e. The van der Waals surface area contributed by atoms with E-state index < -0.39 is 5.92 Å². The smallest absolute Gasteiger partial charge is 0.254 e. The van der Waals surface area contributed by atoms with E-state index in [0.717, 1.165) is 39.5 Å². The average Bonchev–Trinajstić information content (AvgIpc) is 2.97. The second kappa shape index (κ2) is 11.5. The van der Waals surface area contributed by atoms with Gasteiger partial charge in [0, 0.05) is 60.3 Å². The van der Waals surface area contributed by atoms with Gasteiger partial charge in [0.05, 0.1) is 14.2 Å². The minimum Gasteiger partial charge on any atom is -0.493 e. The third-order valence-corrected chi connectivity index (χ3v) is 8.09. The summed E-state index contributed by atoms with van der Waals surface area (Å²) in [4.78, 5) is 30.0. The number of aryl methyl sites for hydroxylation is 1. The van der Waals surface area contributed by atoms with E-state index in [2.05, 4.69) is 10.6 Å². The number of nitrogens with one attached hydrogen (secondary N) is 2. The lowest BCUT2D eigenvalue weighted by molar-refractivity contribution is -0.116. The van der Waals surface area contributed by atoms with Crippen LogP contribution in [0, 0.1) is 6.92 Å². The maximum Gasteiger partial charge on any atom is 0.254 e. The van der Waals surface area contributed by atoms with Crippen molar-refractivity contribution in [3.63, 3.8) is 0 Å². The fraction of sp³-hybridized carbons (Fsp3) is 0.294. The summed E-state index contributed by atoms with van der Waals surface area (Å²) < 4.78 is 10.9. The normalized spacial score (nSPS) is 18.4. The Labute approximate surface area is 241 Å². The summed E-state index contributed by atoms with van der Waals surface area (Å²) in [5.74, 6) is 0.601. The van der Waals surface area contributed by atoms with Gasteiger partial charge in [-0.25, -0.2) is 0 Å². The summed E-state index contributed by atoms with van der Waals surface area (Å²) in [5, 5.41) is 6.58. The minimum atomic E-state index is -0.481. The van der Waals surface area contributed by atoms with Gasteiger partial charge >= 0.3 is 0 Å². The molecule has 1 amide bonds. The molecular weight excluding hydrogens is 514 g/mol. The lowest BCUT2D eigenvalue weighted by atomic mass is 9.71. The summed E-state index contributed by atoms with van der Waals surface area (Å²) in [7, 11) is 7.20. The van der Waals surface area contributed by atoms with Crippen molar-refractivity contribution in [2.24, 2.45) is 0 Å². The zero-order valence-electron chi connectivity index (χ0n) is 24.5. The minimum absolute atomic E-state index is 0.0273. The maximum atomic E-state index is 14.0. The second-order valence-electron chi connectivity index (χ2n) is 10.9. The van der Waals surface area contributed by atoms with Crippen molar-refractivity contribution in [3.8, 4) is 11.5 Å². The number of ether oxygens (including phenoxy) is 2. The van der Waals surface area contributed by atoms with Crippen molar-refractivity contribution >= 4 is 23.1 Å². The predicted molar refractivity (Wildman–Crippen MR) is 163 cm³/mol. The quantitative estimate of drug-likeness (QED) is 0.371. The van der Waals surface area contributed by atoms with Crippen molar-refractivity contribution in [2.45, 2.75) is 38.5 Å². The SMILES string of the molecule is COc1ccc([C@@H]2CC(=O)C3=C(C2)NC(C)=C(C(=O)Nc2ccccc2C)[C@H]3c2ccc(N(C)C)cc2)cc1OC. The van der Waals surface area contributed by atoms with Gasteiger partial charge in [-0.05, 0) is 73.2 Å². The Balaban J connectivity index is 1.56. The van der Waals surface area contributed by atoms with Gasteiger partial charge in [-0.1, -0.05) is 36.4 Å². The molecule has 3 aromatic carbocycles. The number of allylic oxidation sites excluding steroid dienone is 3. The molecule has 3 aromatic rings. The van der Waals surface area contributed by atoms with Crippen molar-refractivity contribution in [1.82, 2.24) is 5.32 Å². The van der Waals surface area contributed by atoms with Gasteiger partial charge in [0.2, 0.25) is 0 Å². The van der Waals surface area contributed by atoms with Crippen molar-refractivity contribution in [1.29, 1.82) is 0 Å². The highest BCUT2D eigenvalue weighted by molar-refractivity contribution is 6.10. The lowest BCUT2D eigenvalue weighted by Gasteiger charge is -2.37. The van der Waals surface area contributed by atoms with Crippen molar-refractivity contribution in [2.75, 3.05) is 38.5 Å². The Bertz CT molecular complexity index is 1550. The summed E-state index contributed by atoms with van der Waals surface area (Å²) in [5.41, 5.74) is 7.54. The third-order valence-electron chi connectivity index (χ3n) is 8.09. The first kappa shape index (κ1) is 28.0. The number of ketones is 1. The van der Waals surface area contributed by atoms with Crippen LogP contribution in [0.5, 0.6) is 11.5 Å². The Morgan fingerprint density at radius 2 is 1.59 bits per heavy atom. The van der Waals surface area contributed by atoms with E-state index in [-0.39, 0.29) is 17.6 Å². The number of nitrogens with zero attached hydrogens (tertiary/aromatic N) is 1. The first-order valence-electron chi connectivity index (χ1n) is 13.8. The molecule has 0 bridgehead atoms. The summed E-state index contributed by atoms with van der Waals surface area (Å²) in [6.45, 7) is 3.88. The molecule has 7 heteroatoms. The number of methoxy groups -OCH3 is 2. The molecule has 1 heterocycles. The average molecular weight is 552 g/mol. The third kappa shape index (κ3) is 5.44. The fourth-order valence-corrected chi connectivity index (χ4v) is 5.88. The van der Waals surface area contributed by atoms with Crippen LogP contribution in [0.4, 0.5) is 11.4 Å². The van der Waals surface area contributed by atoms with E-state index in [1.807, 2.05) is 99.6 Å². The van der Waals surface area contributed by atoms with Gasteiger partial charge in [0.25, 0.3) is 5.91 Å². The van der Waals surface area contributed by atoms with Crippen LogP contribution < -0.4 is 25.0 Å². The second-order valence-corrected chi connectivity index (χ2v) is 10.9. The van der Waals surface area contributed by atoms with Crippen LogP contribution in [0.1, 0.15) is 48.3 Å². The van der Waals surface area contributed by atoms with Crippen LogP contribution in [0.25, 0.3) is 0 Å². The van der Waals surface area contributed by atoms with Crippen molar-refractivity contribution < 1.29 is 19.1 Å². The van der Waals surface area contributed by atoms with Gasteiger partial charge in [-0.2, -0.15) is 0 Å². The topological polar surface area (TPSA) is 79.9 Å². The number of Topliss-reactive ketones (excluding diaryl/α,β-unsaturated/α-hetero) is 1. The molecular formula is C34H37N3O4. The first-order valence-corrected chi connectivity index (χ1v) is 13.8. The molecule has 2 N–H and O–H groups in total. The summed E-state index contributed by atoms with van der Waals surface area (Å²) in [6, 6.07) is 21.6. The molecule has 2 atom stereocenters. The highest BCUT2D eigenvalue weighted by Crippen LogP contribution is 2.46.